The van der Waals surface area contributed by atoms with Crippen LogP contribution in [-0.2, 0) is 30.4 Å². The molecule has 46 heavy (non-hydrogen) atoms. The van der Waals surface area contributed by atoms with Crippen LogP contribution in [0.15, 0.2) is 5.38 Å². The van der Waals surface area contributed by atoms with Gasteiger partial charge in [0.15, 0.2) is 0 Å². The molecule has 0 aromatic carbocycles. The molecule has 5 amide bonds. The molecule has 0 aliphatic carbocycles. The number of nitrogens with one attached hydrogen (secondary N) is 5. The summed E-state index contributed by atoms with van der Waals surface area (Å²) in [5, 5.41) is 27.9. The van der Waals surface area contributed by atoms with E-state index in [2.05, 4.69) is 31.6 Å². The normalized spacial score (nSPS) is 15.4. The van der Waals surface area contributed by atoms with Crippen molar-refractivity contribution < 1.29 is 29.1 Å². The number of amides is 5. The van der Waals surface area contributed by atoms with E-state index in [0.29, 0.717) is 25.9 Å². The quantitative estimate of drug-likeness (QED) is 0.124. The van der Waals surface area contributed by atoms with Crippen molar-refractivity contribution in [3.8, 4) is 0 Å². The zero-order chi connectivity index (χ0) is 35.1. The minimum absolute atomic E-state index is 0.0273. The Morgan fingerprint density at radius 3 is 1.96 bits per heavy atom. The van der Waals surface area contributed by atoms with Crippen LogP contribution >= 0.6 is 11.3 Å². The highest BCUT2D eigenvalue weighted by Gasteiger charge is 2.33. The van der Waals surface area contributed by atoms with Gasteiger partial charge >= 0.3 is 0 Å². The number of thiazole rings is 1. The van der Waals surface area contributed by atoms with Crippen molar-refractivity contribution in [3.05, 3.63) is 16.1 Å². The number of carbonyl (C=O) groups is 5. The average molecular weight is 667 g/mol. The minimum Gasteiger partial charge on any atom is -0.391 e. The highest BCUT2D eigenvalue weighted by atomic mass is 32.1. The Morgan fingerprint density at radius 1 is 0.804 bits per heavy atom. The summed E-state index contributed by atoms with van der Waals surface area (Å²) in [6.07, 6.45) is -0.555. The maximum atomic E-state index is 13.6. The number of aliphatic hydroxyl groups is 1. The van der Waals surface area contributed by atoms with Gasteiger partial charge in [-0.3, -0.25) is 24.0 Å². The van der Waals surface area contributed by atoms with Crippen LogP contribution in [-0.4, -0.2) is 76.9 Å². The molecule has 6 unspecified atom stereocenters. The third-order valence-electron chi connectivity index (χ3n) is 7.48. The molecule has 0 saturated heterocycles. The van der Waals surface area contributed by atoms with Gasteiger partial charge in [0, 0.05) is 42.4 Å². The molecule has 1 aromatic heterocycles. The number of rotatable bonds is 20. The lowest BCUT2D eigenvalue weighted by Crippen LogP contribution is -2.55. The summed E-state index contributed by atoms with van der Waals surface area (Å²) in [4.78, 5) is 69.5. The zero-order valence-corrected chi connectivity index (χ0v) is 30.2. The Kier molecular flexibility index (Phi) is 18.0. The van der Waals surface area contributed by atoms with Gasteiger partial charge in [-0.1, -0.05) is 55.4 Å². The maximum absolute atomic E-state index is 13.6. The molecule has 0 saturated carbocycles. The van der Waals surface area contributed by atoms with Crippen LogP contribution < -0.4 is 26.6 Å². The van der Waals surface area contributed by atoms with E-state index >= 15 is 0 Å². The van der Waals surface area contributed by atoms with Crippen molar-refractivity contribution in [1.82, 2.24) is 31.6 Å². The third kappa shape index (κ3) is 15.0. The number of aliphatic hydroxyl groups excluding tert-OH is 1. The monoisotopic (exact) mass is 666 g/mol. The molecule has 6 N–H and O–H groups in total. The van der Waals surface area contributed by atoms with Crippen molar-refractivity contribution in [2.24, 2.45) is 29.6 Å². The lowest BCUT2D eigenvalue weighted by molar-refractivity contribution is -0.134. The SMILES string of the molecule is CCNC(=O)CC(NC(=O)C(C)Cc1nc(C)cs1)C(=O)NC(CC(C)C)C(O)CC(C)C(=O)NC(C(=O)NCC(C)C)C(C)C. The van der Waals surface area contributed by atoms with Crippen molar-refractivity contribution in [3.63, 3.8) is 0 Å². The van der Waals surface area contributed by atoms with Gasteiger partial charge < -0.3 is 31.7 Å². The Balaban J connectivity index is 3.02. The summed E-state index contributed by atoms with van der Waals surface area (Å²) in [5.41, 5.74) is 0.870. The lowest BCUT2D eigenvalue weighted by atomic mass is 9.91. The average Bonchev–Trinajstić information content (AvgIpc) is 3.37. The Bertz CT molecular complexity index is 1140. The first-order valence-electron chi connectivity index (χ1n) is 16.5. The fraction of sp³-hybridized carbons (Fsp3) is 0.758. The summed E-state index contributed by atoms with van der Waals surface area (Å²) >= 11 is 1.46. The second-order valence-corrected chi connectivity index (χ2v) is 14.5. The number of hydrogen-bond acceptors (Lipinski definition) is 8. The molecule has 0 spiro atoms. The molecule has 0 fully saturated rings. The number of carbonyl (C=O) groups excluding carboxylic acids is 5. The molecule has 1 heterocycles. The van der Waals surface area contributed by atoms with E-state index in [1.807, 2.05) is 53.8 Å². The molecule has 13 heteroatoms. The van der Waals surface area contributed by atoms with E-state index in [9.17, 15) is 29.1 Å². The molecule has 0 aliphatic rings. The van der Waals surface area contributed by atoms with Crippen LogP contribution in [0.3, 0.4) is 0 Å². The van der Waals surface area contributed by atoms with E-state index in [0.717, 1.165) is 10.7 Å². The molecule has 1 aromatic rings. The molecule has 0 aliphatic heterocycles. The van der Waals surface area contributed by atoms with Gasteiger partial charge in [0.25, 0.3) is 0 Å². The molecule has 0 bridgehead atoms. The van der Waals surface area contributed by atoms with Crippen molar-refractivity contribution in [2.75, 3.05) is 13.1 Å². The second kappa shape index (κ2) is 20.2. The summed E-state index contributed by atoms with van der Waals surface area (Å²) in [6.45, 7) is 19.5. The van der Waals surface area contributed by atoms with Crippen LogP contribution in [0, 0.1) is 36.5 Å². The Hall–Kier alpha value is -3.06. The number of hydrogen-bond donors (Lipinski definition) is 6. The van der Waals surface area contributed by atoms with Crippen molar-refractivity contribution >= 4 is 40.9 Å². The highest BCUT2D eigenvalue weighted by Crippen LogP contribution is 2.18. The van der Waals surface area contributed by atoms with Crippen molar-refractivity contribution in [1.29, 1.82) is 0 Å². The van der Waals surface area contributed by atoms with E-state index in [1.165, 1.54) is 11.3 Å². The predicted molar refractivity (Wildman–Crippen MR) is 181 cm³/mol. The van der Waals surface area contributed by atoms with Crippen LogP contribution in [0.25, 0.3) is 0 Å². The summed E-state index contributed by atoms with van der Waals surface area (Å²) in [5.74, 6) is -2.97. The van der Waals surface area contributed by atoms with Gasteiger partial charge in [0.2, 0.25) is 29.5 Å². The van der Waals surface area contributed by atoms with Crippen LogP contribution in [0.5, 0.6) is 0 Å². The largest absolute Gasteiger partial charge is 0.391 e. The molecule has 0 radical (unpaired) electrons. The lowest BCUT2D eigenvalue weighted by Gasteiger charge is -2.30. The van der Waals surface area contributed by atoms with Crippen molar-refractivity contribution in [2.45, 2.75) is 119 Å². The predicted octanol–water partition coefficient (Wildman–Crippen LogP) is 2.47. The molecule has 1 rings (SSSR count). The number of nitrogens with zero attached hydrogens (tertiary/aromatic N) is 1. The van der Waals surface area contributed by atoms with Gasteiger partial charge in [-0.15, -0.1) is 11.3 Å². The van der Waals surface area contributed by atoms with Gasteiger partial charge in [-0.2, -0.15) is 0 Å². The molecular weight excluding hydrogens is 608 g/mol. The van der Waals surface area contributed by atoms with Crippen LogP contribution in [0.1, 0.15) is 92.3 Å². The number of aromatic nitrogens is 1. The molecule has 6 atom stereocenters. The van der Waals surface area contributed by atoms with E-state index < -0.39 is 47.9 Å². The summed E-state index contributed by atoms with van der Waals surface area (Å²) in [7, 11) is 0. The molecule has 12 nitrogen and oxygen atoms in total. The fourth-order valence-electron chi connectivity index (χ4n) is 4.81. The smallest absolute Gasteiger partial charge is 0.243 e. The maximum Gasteiger partial charge on any atom is 0.243 e. The Labute approximate surface area is 279 Å². The van der Waals surface area contributed by atoms with Crippen LogP contribution in [0.4, 0.5) is 0 Å². The summed E-state index contributed by atoms with van der Waals surface area (Å²) < 4.78 is 0. The first-order valence-corrected chi connectivity index (χ1v) is 17.4. The zero-order valence-electron chi connectivity index (χ0n) is 29.4. The first-order chi connectivity index (χ1) is 21.4. The van der Waals surface area contributed by atoms with E-state index in [-0.39, 0.29) is 48.3 Å². The van der Waals surface area contributed by atoms with Gasteiger partial charge in [-0.05, 0) is 44.4 Å². The van der Waals surface area contributed by atoms with Gasteiger partial charge in [0.1, 0.15) is 12.1 Å². The van der Waals surface area contributed by atoms with Gasteiger partial charge in [-0.25, -0.2) is 4.98 Å². The molecule has 262 valence electrons. The first kappa shape index (κ1) is 41.0. The second-order valence-electron chi connectivity index (χ2n) is 13.5. The summed E-state index contributed by atoms with van der Waals surface area (Å²) in [6, 6.07) is -2.64. The third-order valence-corrected chi connectivity index (χ3v) is 8.47. The minimum atomic E-state index is -1.17. The van der Waals surface area contributed by atoms with Crippen LogP contribution in [0.2, 0.25) is 0 Å². The van der Waals surface area contributed by atoms with E-state index in [4.69, 9.17) is 0 Å². The topological polar surface area (TPSA) is 179 Å². The standard InChI is InChI=1S/C33H58N6O6S/c1-11-34-27(41)15-25(38-30(42)22(9)14-28-36-23(10)17-46-28)32(44)37-24(12-18(2)3)26(40)13-21(8)31(43)39-29(20(6)7)33(45)35-16-19(4)5/h17-22,24-26,29,40H,11-16H2,1-10H3,(H,34,41)(H,35,45)(H,37,44)(H,38,42)(H,39,43). The Morgan fingerprint density at radius 2 is 1.43 bits per heavy atom. The van der Waals surface area contributed by atoms with Gasteiger partial charge in [0.05, 0.1) is 23.6 Å². The highest BCUT2D eigenvalue weighted by molar-refractivity contribution is 7.09. The molecular formula is C33H58N6O6S. The van der Waals surface area contributed by atoms with E-state index in [1.54, 1.807) is 20.8 Å². The number of aryl methyl sites for hydroxylation is 1. The fourth-order valence-corrected chi connectivity index (χ4v) is 5.71.